The summed E-state index contributed by atoms with van der Waals surface area (Å²) in [6.07, 6.45) is 5.99. The predicted molar refractivity (Wildman–Crippen MR) is 269 cm³/mol. The van der Waals surface area contributed by atoms with E-state index >= 15 is 0 Å². The van der Waals surface area contributed by atoms with Crippen molar-refractivity contribution in [1.29, 1.82) is 0 Å². The molecular weight excluding hydrogens is 779 g/mol. The first-order chi connectivity index (χ1) is 30.2. The highest BCUT2D eigenvalue weighted by molar-refractivity contribution is 5.85. The number of phenolic OH excluding ortho intramolecular Hbond substituents is 1. The number of hydrogen-bond donors (Lipinski definition) is 1. The molecule has 0 aliphatic carbocycles. The Morgan fingerprint density at radius 2 is 1.14 bits per heavy atom. The smallest absolute Gasteiger partial charge is 0.179 e. The van der Waals surface area contributed by atoms with Crippen LogP contribution in [0.2, 0.25) is 0 Å². The second kappa shape index (κ2) is 16.7. The molecule has 8 aromatic rings. The molecule has 0 aliphatic rings. The number of imidazole rings is 1. The molecule has 0 saturated carbocycles. The summed E-state index contributed by atoms with van der Waals surface area (Å²) >= 11 is 0. The van der Waals surface area contributed by atoms with Crippen molar-refractivity contribution in [2.75, 3.05) is 0 Å². The van der Waals surface area contributed by atoms with Crippen molar-refractivity contribution in [2.24, 2.45) is 0 Å². The van der Waals surface area contributed by atoms with E-state index in [9.17, 15) is 5.11 Å². The molecule has 4 nitrogen and oxygen atoms in total. The Balaban J connectivity index is 1.42. The van der Waals surface area contributed by atoms with E-state index in [1.807, 2.05) is 0 Å². The van der Waals surface area contributed by atoms with E-state index in [0.29, 0.717) is 11.7 Å². The van der Waals surface area contributed by atoms with Crippen molar-refractivity contribution in [3.05, 3.63) is 174 Å². The third kappa shape index (κ3) is 8.68. The summed E-state index contributed by atoms with van der Waals surface area (Å²) in [7, 11) is 0. The van der Waals surface area contributed by atoms with E-state index in [1.165, 1.54) is 33.4 Å². The molecule has 0 amide bonds. The van der Waals surface area contributed by atoms with Crippen LogP contribution in [-0.4, -0.2) is 14.7 Å². The van der Waals surface area contributed by atoms with Crippen LogP contribution in [0.5, 0.6) is 5.75 Å². The lowest BCUT2D eigenvalue weighted by molar-refractivity contribution is -0.599. The highest BCUT2D eigenvalue weighted by Gasteiger charge is 2.27. The molecule has 1 N–H and O–H groups in total. The fraction of sp³-hybridized carbons (Fsp3) is 0.300. The van der Waals surface area contributed by atoms with E-state index in [-0.39, 0.29) is 22.2 Å². The minimum atomic E-state index is -0.276. The Labute approximate surface area is 382 Å². The van der Waals surface area contributed by atoms with E-state index in [4.69, 9.17) is 4.98 Å². The van der Waals surface area contributed by atoms with Crippen LogP contribution < -0.4 is 4.57 Å². The van der Waals surface area contributed by atoms with Crippen LogP contribution in [0.3, 0.4) is 0 Å². The number of nitrogens with zero attached hydrogens (tertiary/aromatic N) is 3. The number of benzene rings is 6. The number of phenols is 1. The van der Waals surface area contributed by atoms with Crippen molar-refractivity contribution in [3.8, 4) is 61.9 Å². The Bertz CT molecular complexity index is 2990. The van der Waals surface area contributed by atoms with Gasteiger partial charge in [-0.05, 0) is 132 Å². The summed E-state index contributed by atoms with van der Waals surface area (Å²) in [5.74, 6) is 1.74. The van der Waals surface area contributed by atoms with E-state index in [0.717, 1.165) is 61.6 Å². The topological polar surface area (TPSA) is 41.9 Å². The molecule has 2 aromatic heterocycles. The van der Waals surface area contributed by atoms with Gasteiger partial charge in [-0.2, -0.15) is 0 Å². The average Bonchev–Trinajstić information content (AvgIpc) is 3.65. The second-order valence-electron chi connectivity index (χ2n) is 21.4. The molecule has 0 spiro atoms. The number of fused-ring (bicyclic) bond motifs is 1. The van der Waals surface area contributed by atoms with Crippen LogP contribution in [0.25, 0.3) is 67.2 Å². The second-order valence-corrected chi connectivity index (χ2v) is 21.4. The predicted octanol–water partition coefficient (Wildman–Crippen LogP) is 15.6. The minimum absolute atomic E-state index is 0.135. The molecule has 0 bridgehead atoms. The fourth-order valence-electron chi connectivity index (χ4n) is 8.83. The highest BCUT2D eigenvalue weighted by Crippen LogP contribution is 2.44. The lowest BCUT2D eigenvalue weighted by Gasteiger charge is -2.29. The third-order valence-corrected chi connectivity index (χ3v) is 12.6. The van der Waals surface area contributed by atoms with Gasteiger partial charge in [-0.15, -0.1) is 6.07 Å². The van der Waals surface area contributed by atoms with Gasteiger partial charge in [-0.25, -0.2) is 4.98 Å². The Kier molecular flexibility index (Phi) is 11.6. The standard InChI is InChI=1S/C60H65N3O/c1-38(2)48-35-55(49(39(3)4)34-50(48)41-24-18-15-19-25-41)63-54-27-21-20-26-53(54)61-57(63)42-29-45(58(5,6)7)31-47(30-42)62-36-43(40-22-16-14-17-23-40)28-44(37-62)51-32-46(59(8,9)10)33-52(56(51)64)60(11,12)13/h14-36,38-39,64H,1-13H3. The number of aromatic hydroxyl groups is 1. The van der Waals surface area contributed by atoms with Crippen molar-refractivity contribution in [3.63, 3.8) is 0 Å². The van der Waals surface area contributed by atoms with Gasteiger partial charge in [-0.1, -0.05) is 175 Å². The number of rotatable bonds is 8. The first-order valence-corrected chi connectivity index (χ1v) is 23.0. The number of para-hydroxylation sites is 2. The first kappa shape index (κ1) is 44.4. The number of hydrogen-bond acceptors (Lipinski definition) is 2. The van der Waals surface area contributed by atoms with Crippen LogP contribution in [0.15, 0.2) is 140 Å². The zero-order valence-corrected chi connectivity index (χ0v) is 40.2. The molecule has 6 aromatic carbocycles. The molecule has 0 aliphatic heterocycles. The number of pyridine rings is 1. The molecule has 326 valence electrons. The SMILES string of the molecule is CC(C)c1cc(-n2c(-c3cc(-[n+]4[c-]c(-c5cc(C(C)(C)C)cc(C(C)(C)C)c5O)cc(-c5ccccc5)c4)cc(C(C)(C)C)c3)nc3ccccc32)c(C(C)C)cc1-c1ccccc1. The monoisotopic (exact) mass is 844 g/mol. The molecule has 0 radical (unpaired) electrons. The summed E-state index contributed by atoms with van der Waals surface area (Å²) in [6.45, 7) is 29.2. The van der Waals surface area contributed by atoms with Gasteiger partial charge >= 0.3 is 0 Å². The van der Waals surface area contributed by atoms with Crippen LogP contribution in [0.1, 0.15) is 130 Å². The summed E-state index contributed by atoms with van der Waals surface area (Å²) in [5, 5.41) is 12.2. The van der Waals surface area contributed by atoms with Crippen LogP contribution >= 0.6 is 0 Å². The van der Waals surface area contributed by atoms with Crippen LogP contribution in [-0.2, 0) is 16.2 Å². The summed E-state index contributed by atoms with van der Waals surface area (Å²) in [5.41, 5.74) is 16.7. The number of aromatic nitrogens is 3. The minimum Gasteiger partial charge on any atom is -0.515 e. The maximum atomic E-state index is 12.2. The fourth-order valence-corrected chi connectivity index (χ4v) is 8.83. The molecule has 64 heavy (non-hydrogen) atoms. The van der Waals surface area contributed by atoms with E-state index in [1.54, 1.807) is 0 Å². The first-order valence-electron chi connectivity index (χ1n) is 23.0. The van der Waals surface area contributed by atoms with Gasteiger partial charge in [0, 0.05) is 5.56 Å². The van der Waals surface area contributed by atoms with Crippen molar-refractivity contribution < 1.29 is 9.67 Å². The summed E-state index contributed by atoms with van der Waals surface area (Å²) in [6, 6.07) is 48.1. The Morgan fingerprint density at radius 1 is 0.547 bits per heavy atom. The highest BCUT2D eigenvalue weighted by atomic mass is 16.3. The molecule has 0 saturated heterocycles. The molecular formula is C60H65N3O. The quantitative estimate of drug-likeness (QED) is 0.122. The van der Waals surface area contributed by atoms with Crippen LogP contribution in [0.4, 0.5) is 0 Å². The summed E-state index contributed by atoms with van der Waals surface area (Å²) in [4.78, 5) is 5.49. The van der Waals surface area contributed by atoms with Crippen molar-refractivity contribution in [1.82, 2.24) is 9.55 Å². The molecule has 8 rings (SSSR count). The van der Waals surface area contributed by atoms with Gasteiger partial charge in [0.25, 0.3) is 0 Å². The van der Waals surface area contributed by atoms with Gasteiger partial charge in [0.05, 0.1) is 22.5 Å². The van der Waals surface area contributed by atoms with E-state index in [2.05, 4.69) is 245 Å². The zero-order chi connectivity index (χ0) is 45.9. The molecule has 0 fully saturated rings. The third-order valence-electron chi connectivity index (χ3n) is 12.6. The maximum absolute atomic E-state index is 12.2. The zero-order valence-electron chi connectivity index (χ0n) is 40.2. The van der Waals surface area contributed by atoms with Crippen molar-refractivity contribution >= 4 is 11.0 Å². The maximum Gasteiger partial charge on any atom is 0.179 e. The van der Waals surface area contributed by atoms with Gasteiger partial charge in [-0.3, -0.25) is 9.13 Å². The van der Waals surface area contributed by atoms with Gasteiger partial charge < -0.3 is 5.11 Å². The van der Waals surface area contributed by atoms with E-state index < -0.39 is 0 Å². The molecule has 0 atom stereocenters. The average molecular weight is 844 g/mol. The van der Waals surface area contributed by atoms with Crippen molar-refractivity contribution in [2.45, 2.75) is 118 Å². The molecule has 2 heterocycles. The lowest BCUT2D eigenvalue weighted by atomic mass is 9.78. The van der Waals surface area contributed by atoms with Gasteiger partial charge in [0.15, 0.2) is 6.20 Å². The normalized spacial score (nSPS) is 12.5. The summed E-state index contributed by atoms with van der Waals surface area (Å²) < 4.78 is 4.54. The molecule has 0 unspecified atom stereocenters. The lowest BCUT2D eigenvalue weighted by Crippen LogP contribution is -2.32. The largest absolute Gasteiger partial charge is 0.515 e. The van der Waals surface area contributed by atoms with Crippen LogP contribution in [0, 0.1) is 6.20 Å². The van der Waals surface area contributed by atoms with Gasteiger partial charge in [0.1, 0.15) is 17.7 Å². The molecule has 4 heteroatoms. The Hall–Kier alpha value is -6.26. The van der Waals surface area contributed by atoms with Gasteiger partial charge in [0.2, 0.25) is 0 Å². The Morgan fingerprint density at radius 3 is 1.75 bits per heavy atom.